The molecule has 0 bridgehead atoms. The molecule has 2 aliphatic heterocycles. The molecule has 4 rings (SSSR count). The van der Waals surface area contributed by atoms with Crippen molar-refractivity contribution in [2.75, 3.05) is 26.2 Å². The van der Waals surface area contributed by atoms with Crippen molar-refractivity contribution in [1.29, 1.82) is 0 Å². The fourth-order valence-electron chi connectivity index (χ4n) is 4.12. The normalized spacial score (nSPS) is 23.0. The Morgan fingerprint density at radius 1 is 1.07 bits per heavy atom. The van der Waals surface area contributed by atoms with Gasteiger partial charge in [-0.05, 0) is 30.7 Å². The molecule has 2 atom stereocenters. The van der Waals surface area contributed by atoms with Crippen LogP contribution in [-0.4, -0.2) is 65.1 Å². The van der Waals surface area contributed by atoms with Gasteiger partial charge in [0.05, 0.1) is 6.54 Å². The van der Waals surface area contributed by atoms with E-state index in [2.05, 4.69) is 23.1 Å². The molecule has 2 fully saturated rings. The molecular formula is C21H24N2O4. The topological polar surface area (TPSA) is 70.1 Å². The van der Waals surface area contributed by atoms with E-state index in [1.165, 1.54) is 4.90 Å². The highest BCUT2D eigenvalue weighted by molar-refractivity contribution is 5.88. The van der Waals surface area contributed by atoms with E-state index in [0.717, 1.165) is 35.9 Å². The molecule has 1 amide bonds. The molecule has 2 aromatic rings. The average molecular weight is 368 g/mol. The largest absolute Gasteiger partial charge is 0.488 e. The lowest BCUT2D eigenvalue weighted by atomic mass is 10.1. The van der Waals surface area contributed by atoms with Crippen molar-refractivity contribution in [1.82, 2.24) is 9.80 Å². The van der Waals surface area contributed by atoms with Gasteiger partial charge in [0.25, 0.3) is 0 Å². The molecule has 0 aromatic heterocycles. The summed E-state index contributed by atoms with van der Waals surface area (Å²) in [5, 5.41) is 11.5. The number of aliphatic carboxylic acids is 1. The van der Waals surface area contributed by atoms with Gasteiger partial charge in [-0.25, -0.2) is 4.79 Å². The van der Waals surface area contributed by atoms with Gasteiger partial charge in [-0.3, -0.25) is 9.69 Å². The summed E-state index contributed by atoms with van der Waals surface area (Å²) in [5.41, 5.74) is 0. The number of carboxylic acids is 1. The van der Waals surface area contributed by atoms with Crippen LogP contribution in [0.2, 0.25) is 0 Å². The first kappa shape index (κ1) is 17.8. The minimum Gasteiger partial charge on any atom is -0.488 e. The van der Waals surface area contributed by atoms with Crippen LogP contribution in [0.4, 0.5) is 0 Å². The first-order chi connectivity index (χ1) is 13.1. The molecule has 27 heavy (non-hydrogen) atoms. The molecule has 0 aliphatic carbocycles. The predicted octanol–water partition coefficient (Wildman–Crippen LogP) is 2.37. The van der Waals surface area contributed by atoms with Gasteiger partial charge < -0.3 is 14.7 Å². The number of rotatable bonds is 5. The third-order valence-corrected chi connectivity index (χ3v) is 5.49. The van der Waals surface area contributed by atoms with Crippen molar-refractivity contribution in [2.45, 2.75) is 31.4 Å². The fourth-order valence-corrected chi connectivity index (χ4v) is 4.12. The molecule has 1 N–H and O–H groups in total. The molecule has 2 saturated heterocycles. The monoisotopic (exact) mass is 368 g/mol. The van der Waals surface area contributed by atoms with E-state index in [1.807, 2.05) is 24.3 Å². The standard InChI is InChI=1S/C21H24N2O4/c24-20(23-11-4-8-18(23)21(25)26)14-22-12-10-16(13-22)27-19-9-3-6-15-5-1-2-7-17(15)19/h1-3,5-7,9,16,18H,4,8,10-14H2,(H,25,26)/t16-,18-/m0/s1. The Labute approximate surface area is 158 Å². The van der Waals surface area contributed by atoms with Gasteiger partial charge in [0.2, 0.25) is 5.91 Å². The van der Waals surface area contributed by atoms with Crippen LogP contribution >= 0.6 is 0 Å². The lowest BCUT2D eigenvalue weighted by Crippen LogP contribution is -2.45. The summed E-state index contributed by atoms with van der Waals surface area (Å²) in [6.45, 7) is 2.27. The number of hydrogen-bond acceptors (Lipinski definition) is 4. The summed E-state index contributed by atoms with van der Waals surface area (Å²) in [6.07, 6.45) is 2.21. The first-order valence-electron chi connectivity index (χ1n) is 9.51. The summed E-state index contributed by atoms with van der Waals surface area (Å²) in [4.78, 5) is 27.4. The van der Waals surface area contributed by atoms with Crippen molar-refractivity contribution in [3.05, 3.63) is 42.5 Å². The molecule has 2 aliphatic rings. The van der Waals surface area contributed by atoms with Crippen LogP contribution in [0, 0.1) is 0 Å². The van der Waals surface area contributed by atoms with Crippen molar-refractivity contribution < 1.29 is 19.4 Å². The number of carbonyl (C=O) groups excluding carboxylic acids is 1. The van der Waals surface area contributed by atoms with Crippen LogP contribution in [-0.2, 0) is 9.59 Å². The van der Waals surface area contributed by atoms with Gasteiger partial charge in [0.1, 0.15) is 17.9 Å². The Balaban J connectivity index is 1.36. The third-order valence-electron chi connectivity index (χ3n) is 5.49. The minimum atomic E-state index is -0.903. The van der Waals surface area contributed by atoms with Crippen LogP contribution in [0.3, 0.4) is 0 Å². The third kappa shape index (κ3) is 3.76. The van der Waals surface area contributed by atoms with Gasteiger partial charge in [0, 0.05) is 25.0 Å². The highest BCUT2D eigenvalue weighted by atomic mass is 16.5. The number of likely N-dealkylation sites (tertiary alicyclic amines) is 2. The van der Waals surface area contributed by atoms with Crippen LogP contribution in [0.15, 0.2) is 42.5 Å². The van der Waals surface area contributed by atoms with Gasteiger partial charge in [-0.1, -0.05) is 36.4 Å². The highest BCUT2D eigenvalue weighted by Crippen LogP contribution is 2.28. The van der Waals surface area contributed by atoms with Crippen LogP contribution in [0.5, 0.6) is 5.75 Å². The van der Waals surface area contributed by atoms with Gasteiger partial charge >= 0.3 is 5.97 Å². The lowest BCUT2D eigenvalue weighted by molar-refractivity contribution is -0.148. The second-order valence-corrected chi connectivity index (χ2v) is 7.32. The quantitative estimate of drug-likeness (QED) is 0.877. The molecule has 0 saturated carbocycles. The summed E-state index contributed by atoms with van der Waals surface area (Å²) in [7, 11) is 0. The summed E-state index contributed by atoms with van der Waals surface area (Å²) >= 11 is 0. The Morgan fingerprint density at radius 2 is 1.89 bits per heavy atom. The van der Waals surface area contributed by atoms with E-state index < -0.39 is 12.0 Å². The summed E-state index contributed by atoms with van der Waals surface area (Å²) < 4.78 is 6.22. The maximum absolute atomic E-state index is 12.5. The maximum Gasteiger partial charge on any atom is 0.326 e. The zero-order valence-corrected chi connectivity index (χ0v) is 15.2. The lowest BCUT2D eigenvalue weighted by Gasteiger charge is -2.24. The Bertz CT molecular complexity index is 848. The predicted molar refractivity (Wildman–Crippen MR) is 102 cm³/mol. The van der Waals surface area contributed by atoms with Crippen molar-refractivity contribution in [3.8, 4) is 5.75 Å². The molecule has 142 valence electrons. The number of benzene rings is 2. The summed E-state index contributed by atoms with van der Waals surface area (Å²) in [5.74, 6) is -0.123. The Morgan fingerprint density at radius 3 is 2.74 bits per heavy atom. The highest BCUT2D eigenvalue weighted by Gasteiger charge is 2.35. The Hall–Kier alpha value is -2.60. The first-order valence-corrected chi connectivity index (χ1v) is 9.51. The number of nitrogens with zero attached hydrogens (tertiary/aromatic N) is 2. The number of hydrogen-bond donors (Lipinski definition) is 1. The molecule has 2 aromatic carbocycles. The molecule has 6 nitrogen and oxygen atoms in total. The number of fused-ring (bicyclic) bond motifs is 1. The number of ether oxygens (including phenoxy) is 1. The molecule has 6 heteroatoms. The average Bonchev–Trinajstić information content (AvgIpc) is 3.32. The maximum atomic E-state index is 12.5. The molecule has 0 spiro atoms. The van der Waals surface area contributed by atoms with Crippen LogP contribution < -0.4 is 4.74 Å². The SMILES string of the molecule is O=C(O)[C@@H]1CCCN1C(=O)CN1CC[C@H](Oc2cccc3ccccc23)C1. The van der Waals surface area contributed by atoms with Crippen LogP contribution in [0.25, 0.3) is 10.8 Å². The zero-order chi connectivity index (χ0) is 18.8. The smallest absolute Gasteiger partial charge is 0.326 e. The van der Waals surface area contributed by atoms with E-state index in [9.17, 15) is 14.7 Å². The number of amides is 1. The van der Waals surface area contributed by atoms with E-state index in [0.29, 0.717) is 19.5 Å². The van der Waals surface area contributed by atoms with E-state index in [-0.39, 0.29) is 18.6 Å². The zero-order valence-electron chi connectivity index (χ0n) is 15.2. The minimum absolute atomic E-state index is 0.0393. The number of carbonyl (C=O) groups is 2. The van der Waals surface area contributed by atoms with Gasteiger partial charge in [-0.2, -0.15) is 0 Å². The van der Waals surface area contributed by atoms with E-state index in [1.54, 1.807) is 0 Å². The van der Waals surface area contributed by atoms with Gasteiger partial charge in [0.15, 0.2) is 0 Å². The van der Waals surface area contributed by atoms with E-state index >= 15 is 0 Å². The second kappa shape index (κ2) is 7.56. The van der Waals surface area contributed by atoms with Crippen molar-refractivity contribution >= 4 is 22.6 Å². The van der Waals surface area contributed by atoms with Crippen molar-refractivity contribution in [3.63, 3.8) is 0 Å². The number of carboxylic acid groups (broad SMARTS) is 1. The van der Waals surface area contributed by atoms with Crippen LogP contribution in [0.1, 0.15) is 19.3 Å². The van der Waals surface area contributed by atoms with Crippen molar-refractivity contribution in [2.24, 2.45) is 0 Å². The fraction of sp³-hybridized carbons (Fsp3) is 0.429. The molecule has 0 radical (unpaired) electrons. The van der Waals surface area contributed by atoms with Gasteiger partial charge in [-0.15, -0.1) is 0 Å². The molecule has 0 unspecified atom stereocenters. The summed E-state index contributed by atoms with van der Waals surface area (Å²) in [6, 6.07) is 13.5. The second-order valence-electron chi connectivity index (χ2n) is 7.32. The molecule has 2 heterocycles. The Kier molecular flexibility index (Phi) is 4.99. The molecular weight excluding hydrogens is 344 g/mol. The van der Waals surface area contributed by atoms with E-state index in [4.69, 9.17) is 4.74 Å².